The summed E-state index contributed by atoms with van der Waals surface area (Å²) >= 11 is 0. The quantitative estimate of drug-likeness (QED) is 0.302. The summed E-state index contributed by atoms with van der Waals surface area (Å²) in [5.41, 5.74) is -0.760. The third-order valence-electron chi connectivity index (χ3n) is 10.4. The first-order valence-corrected chi connectivity index (χ1v) is 18.5. The molecule has 5 rings (SSSR count). The van der Waals surface area contributed by atoms with Gasteiger partial charge in [0.15, 0.2) is 5.78 Å². The molecule has 5 bridgehead atoms. The number of benzene rings is 1. The number of aliphatic hydroxyl groups excluding tert-OH is 1. The average Bonchev–Trinajstić information content (AvgIpc) is 3.40. The van der Waals surface area contributed by atoms with Crippen LogP contribution in [0.3, 0.4) is 0 Å². The van der Waals surface area contributed by atoms with Crippen LogP contribution in [0.2, 0.25) is 0 Å². The Kier molecular flexibility index (Phi) is 13.8. The van der Waals surface area contributed by atoms with E-state index >= 15 is 0 Å². The van der Waals surface area contributed by atoms with Crippen molar-refractivity contribution >= 4 is 41.2 Å². The molecule has 0 amide bonds. The number of rotatable bonds is 4. The van der Waals surface area contributed by atoms with Crippen molar-refractivity contribution in [2.24, 2.45) is 28.7 Å². The van der Waals surface area contributed by atoms with Crippen LogP contribution in [-0.2, 0) is 38.1 Å². The zero-order chi connectivity index (χ0) is 42.7. The minimum Gasteiger partial charge on any atom is -0.481 e. The molecule has 3 aliphatic heterocycles. The summed E-state index contributed by atoms with van der Waals surface area (Å²) < 4.78 is 40.3. The fraction of sp³-hybridized carbons (Fsp3) is 0.500. The van der Waals surface area contributed by atoms with Gasteiger partial charge in [-0.3, -0.25) is 28.8 Å². The number of allylic oxidation sites excluding steroid dienone is 4. The van der Waals surface area contributed by atoms with E-state index in [1.54, 1.807) is 52.8 Å². The highest BCUT2D eigenvalue weighted by Crippen LogP contribution is 2.48. The van der Waals surface area contributed by atoms with Gasteiger partial charge in [-0.2, -0.15) is 0 Å². The van der Waals surface area contributed by atoms with Crippen LogP contribution in [0.4, 0.5) is 0 Å². The molecule has 3 heterocycles. The van der Waals surface area contributed by atoms with Crippen molar-refractivity contribution < 1.29 is 67.0 Å². The largest absolute Gasteiger partial charge is 0.481 e. The van der Waals surface area contributed by atoms with Gasteiger partial charge in [0.05, 0.1) is 42.3 Å². The monoisotopic (exact) mass is 793 g/mol. The minimum absolute atomic E-state index is 0.0363. The maximum Gasteiger partial charge on any atom is 0.312 e. The van der Waals surface area contributed by atoms with E-state index in [2.05, 4.69) is 4.99 Å². The first-order chi connectivity index (χ1) is 26.7. The number of hydrogen-bond acceptors (Lipinski definition) is 15. The summed E-state index contributed by atoms with van der Waals surface area (Å²) in [6, 6.07) is 0. The molecule has 15 heteroatoms. The van der Waals surface area contributed by atoms with E-state index in [1.807, 2.05) is 0 Å². The van der Waals surface area contributed by atoms with Crippen molar-refractivity contribution in [1.82, 2.24) is 0 Å². The molecule has 1 aliphatic carbocycles. The molecule has 0 saturated carbocycles. The van der Waals surface area contributed by atoms with E-state index in [-0.39, 0.29) is 45.3 Å². The maximum absolute atomic E-state index is 14.2. The second-order valence-corrected chi connectivity index (χ2v) is 14.7. The van der Waals surface area contributed by atoms with E-state index < -0.39 is 89.1 Å². The topological polar surface area (TPSA) is 200 Å². The molecule has 15 nitrogen and oxygen atoms in total. The summed E-state index contributed by atoms with van der Waals surface area (Å²) in [5.74, 6) is -9.32. The Morgan fingerprint density at radius 3 is 2.04 bits per heavy atom. The van der Waals surface area contributed by atoms with Gasteiger partial charge in [-0.1, -0.05) is 45.9 Å². The highest BCUT2D eigenvalue weighted by atomic mass is 16.7. The first kappa shape index (κ1) is 44.3. The Morgan fingerprint density at radius 1 is 0.842 bits per heavy atom. The lowest BCUT2D eigenvalue weighted by Crippen LogP contribution is -2.47. The van der Waals surface area contributed by atoms with Crippen molar-refractivity contribution in [2.75, 3.05) is 14.2 Å². The second kappa shape index (κ2) is 17.8. The number of fused-ring (bicyclic) bond motifs is 13. The molecule has 0 radical (unpaired) electrons. The Balaban J connectivity index is 1.96. The predicted molar refractivity (Wildman–Crippen MR) is 205 cm³/mol. The summed E-state index contributed by atoms with van der Waals surface area (Å²) in [5, 5.41) is 11.8. The molecule has 4 aliphatic rings. The van der Waals surface area contributed by atoms with Crippen molar-refractivity contribution in [3.05, 3.63) is 70.2 Å². The lowest BCUT2D eigenvalue weighted by molar-refractivity contribution is -0.164. The van der Waals surface area contributed by atoms with Crippen LogP contribution in [0.5, 0.6) is 11.5 Å². The maximum atomic E-state index is 14.2. The predicted octanol–water partition coefficient (Wildman–Crippen LogP) is 5.35. The summed E-state index contributed by atoms with van der Waals surface area (Å²) in [4.78, 5) is 83.7. The molecular weight excluding hydrogens is 742 g/mol. The van der Waals surface area contributed by atoms with E-state index in [0.717, 1.165) is 13.0 Å². The number of ether oxygens (including phenoxy) is 7. The van der Waals surface area contributed by atoms with E-state index in [9.17, 15) is 33.9 Å². The van der Waals surface area contributed by atoms with E-state index in [1.165, 1.54) is 54.3 Å². The zero-order valence-corrected chi connectivity index (χ0v) is 34.3. The fourth-order valence-electron chi connectivity index (χ4n) is 7.43. The number of aliphatic imine (C=N–C) groups is 1. The molecule has 57 heavy (non-hydrogen) atoms. The summed E-state index contributed by atoms with van der Waals surface area (Å²) in [7, 11) is 2.74. The van der Waals surface area contributed by atoms with Gasteiger partial charge in [-0.25, -0.2) is 4.99 Å². The number of aliphatic hydroxyl groups is 1. The van der Waals surface area contributed by atoms with E-state index in [0.29, 0.717) is 5.57 Å². The molecule has 1 aromatic rings. The standard InChI is InChI=1S/C42H51NO14/c1-19-14-13-15-20(2)41(52-12)43-28-18-29(47)31-32(35(28)49)38(56-27(9)46)24(6)39-33(31)40(50)42(10,57-39)53-17-16-30(51-11)21(3)37(55-26(8)45)23(5)34(48)22(4)36(19)54-25(7)44/h13-19,21-23,30,34,36-37,48H,1-12H3. The number of esters is 3. The summed E-state index contributed by atoms with van der Waals surface area (Å²) in [6.45, 7) is 15.1. The summed E-state index contributed by atoms with van der Waals surface area (Å²) in [6.07, 6.45) is 4.92. The van der Waals surface area contributed by atoms with Crippen molar-refractivity contribution in [3.63, 3.8) is 0 Å². The van der Waals surface area contributed by atoms with Crippen LogP contribution in [0.15, 0.2) is 52.9 Å². The molecule has 1 N–H and O–H groups in total. The van der Waals surface area contributed by atoms with Crippen molar-refractivity contribution in [3.8, 4) is 11.5 Å². The van der Waals surface area contributed by atoms with Crippen LogP contribution in [0.1, 0.15) is 99.0 Å². The van der Waals surface area contributed by atoms with Gasteiger partial charge in [0, 0.05) is 75.7 Å². The number of hydrogen-bond donors (Lipinski definition) is 1. The van der Waals surface area contributed by atoms with Crippen LogP contribution < -0.4 is 9.47 Å². The highest BCUT2D eigenvalue weighted by Gasteiger charge is 2.52. The normalized spacial score (nSPS) is 29.4. The van der Waals surface area contributed by atoms with E-state index in [4.69, 9.17) is 33.2 Å². The molecule has 9 atom stereocenters. The SMILES string of the molecule is COC1=NC2=CC(=O)c3c(c(OC(C)=O)c(C)c4c3C(=O)C(C)(OC=CC(OC)C(C)C(OC(C)=O)C(C)C(O)C(C)C(OC(C)=O)C(C)C=CC=C1C)O4)C2=O. The van der Waals surface area contributed by atoms with Crippen LogP contribution in [-0.4, -0.2) is 90.7 Å². The minimum atomic E-state index is -2.07. The van der Waals surface area contributed by atoms with Gasteiger partial charge in [0.25, 0.3) is 5.78 Å². The molecule has 0 saturated heterocycles. The lowest BCUT2D eigenvalue weighted by Gasteiger charge is -2.38. The Hall–Kier alpha value is -5.41. The second-order valence-electron chi connectivity index (χ2n) is 14.7. The average molecular weight is 794 g/mol. The Labute approximate surface area is 331 Å². The number of carbonyl (C=O) groups is 6. The molecule has 308 valence electrons. The smallest absolute Gasteiger partial charge is 0.312 e. The fourth-order valence-corrected chi connectivity index (χ4v) is 7.43. The molecular formula is C42H51NO14. The number of ketones is 3. The van der Waals surface area contributed by atoms with Gasteiger partial charge in [0.2, 0.25) is 11.7 Å². The Bertz CT molecular complexity index is 1990. The number of methoxy groups -OCH3 is 2. The molecule has 1 aromatic carbocycles. The number of Topliss-reactive ketones (excluding diaryl/α,β-unsaturated/α-hetero) is 2. The zero-order valence-electron chi connectivity index (χ0n) is 34.3. The third kappa shape index (κ3) is 9.10. The van der Waals surface area contributed by atoms with Crippen LogP contribution >= 0.6 is 0 Å². The molecule has 0 fully saturated rings. The van der Waals surface area contributed by atoms with Gasteiger partial charge in [0.1, 0.15) is 29.4 Å². The van der Waals surface area contributed by atoms with Crippen molar-refractivity contribution in [2.45, 2.75) is 99.4 Å². The van der Waals surface area contributed by atoms with Gasteiger partial charge < -0.3 is 38.3 Å². The lowest BCUT2D eigenvalue weighted by atomic mass is 9.78. The highest BCUT2D eigenvalue weighted by molar-refractivity contribution is 6.30. The van der Waals surface area contributed by atoms with Crippen LogP contribution in [0, 0.1) is 30.6 Å². The number of nitrogens with zero attached hydrogens (tertiary/aromatic N) is 1. The van der Waals surface area contributed by atoms with Gasteiger partial charge >= 0.3 is 23.7 Å². The molecule has 9 unspecified atom stereocenters. The Morgan fingerprint density at radius 2 is 1.46 bits per heavy atom. The van der Waals surface area contributed by atoms with Crippen LogP contribution in [0.25, 0.3) is 0 Å². The molecule has 0 spiro atoms. The first-order valence-electron chi connectivity index (χ1n) is 18.5. The van der Waals surface area contributed by atoms with Crippen molar-refractivity contribution in [1.29, 1.82) is 0 Å². The number of carbonyl (C=O) groups excluding carboxylic acids is 6. The van der Waals surface area contributed by atoms with Gasteiger partial charge in [-0.05, 0) is 19.9 Å². The third-order valence-corrected chi connectivity index (χ3v) is 10.4. The molecule has 0 aromatic heterocycles. The van der Waals surface area contributed by atoms with Gasteiger partial charge in [-0.15, -0.1) is 0 Å².